The van der Waals surface area contributed by atoms with Crippen molar-refractivity contribution < 1.29 is 24.6 Å². The number of carboxylic acid groups (broad SMARTS) is 1. The molecule has 2 atom stereocenters. The number of β-lactam (4-membered cyclic amide) rings is 1. The number of carboxylic acids is 1. The third-order valence-electron chi connectivity index (χ3n) is 3.95. The van der Waals surface area contributed by atoms with Gasteiger partial charge >= 0.3 is 5.97 Å². The highest BCUT2D eigenvalue weighted by molar-refractivity contribution is 9.09. The fourth-order valence-electron chi connectivity index (χ4n) is 2.67. The standard InChI is InChI=1S/C14H12BrN5O6S3/c15-1-6(21)7(19-26)10(22)18-8-11(23)20-9(13(24)25)5(2-27-12(8)20)3-28-14-16-4-17-29-14/h4,8,12,21H,1-3H2,(H,18,22)(H,24,25)/t8?,12-/m1/s1. The van der Waals surface area contributed by atoms with Gasteiger partial charge in [0, 0.05) is 11.5 Å². The van der Waals surface area contributed by atoms with Crippen molar-refractivity contribution in [1.29, 1.82) is 0 Å². The van der Waals surface area contributed by atoms with E-state index in [0.717, 1.165) is 4.90 Å². The number of aliphatic hydroxyl groups is 1. The molecule has 1 saturated heterocycles. The average molecular weight is 522 g/mol. The molecule has 1 aromatic heterocycles. The van der Waals surface area contributed by atoms with Crippen molar-refractivity contribution in [1.82, 2.24) is 19.6 Å². The Bertz CT molecular complexity index is 921. The van der Waals surface area contributed by atoms with E-state index in [0.29, 0.717) is 21.4 Å². The number of halogens is 1. The van der Waals surface area contributed by atoms with Crippen LogP contribution in [0.1, 0.15) is 0 Å². The number of rotatable bonds is 8. The summed E-state index contributed by atoms with van der Waals surface area (Å²) in [6.07, 6.45) is 1.40. The van der Waals surface area contributed by atoms with E-state index in [1.54, 1.807) is 0 Å². The van der Waals surface area contributed by atoms with Crippen molar-refractivity contribution in [3.05, 3.63) is 34.0 Å². The molecule has 0 radical (unpaired) electrons. The molecular formula is C14H12BrN5O6S3. The van der Waals surface area contributed by atoms with Crippen LogP contribution in [-0.2, 0) is 14.4 Å². The normalized spacial score (nSPS) is 21.8. The molecule has 2 amide bonds. The molecule has 0 spiro atoms. The monoisotopic (exact) mass is 521 g/mol. The van der Waals surface area contributed by atoms with E-state index in [1.807, 2.05) is 0 Å². The summed E-state index contributed by atoms with van der Waals surface area (Å²) in [4.78, 5) is 52.4. The van der Waals surface area contributed by atoms with Gasteiger partial charge in [0.25, 0.3) is 11.8 Å². The first-order valence-corrected chi connectivity index (χ1v) is 11.7. The van der Waals surface area contributed by atoms with Gasteiger partial charge in [-0.1, -0.05) is 27.7 Å². The Morgan fingerprint density at radius 3 is 2.79 bits per heavy atom. The van der Waals surface area contributed by atoms with Crippen LogP contribution in [0.2, 0.25) is 0 Å². The van der Waals surface area contributed by atoms with Crippen LogP contribution in [-0.4, -0.2) is 70.5 Å². The Hall–Kier alpha value is -1.97. The van der Waals surface area contributed by atoms with Gasteiger partial charge in [0.05, 0.1) is 5.33 Å². The van der Waals surface area contributed by atoms with Gasteiger partial charge in [-0.2, -0.15) is 4.37 Å². The van der Waals surface area contributed by atoms with Crippen LogP contribution < -0.4 is 5.32 Å². The van der Waals surface area contributed by atoms with E-state index in [1.165, 1.54) is 41.4 Å². The van der Waals surface area contributed by atoms with Crippen LogP contribution in [0.15, 0.2) is 38.6 Å². The number of carbonyl (C=O) groups excluding carboxylic acids is 2. The molecular weight excluding hydrogens is 510 g/mol. The van der Waals surface area contributed by atoms with Crippen molar-refractivity contribution >= 4 is 68.8 Å². The molecule has 1 fully saturated rings. The Morgan fingerprint density at radius 2 is 2.21 bits per heavy atom. The van der Waals surface area contributed by atoms with Crippen LogP contribution in [0.5, 0.6) is 0 Å². The van der Waals surface area contributed by atoms with E-state index in [-0.39, 0.29) is 11.0 Å². The van der Waals surface area contributed by atoms with Crippen molar-refractivity contribution in [2.75, 3.05) is 16.8 Å². The molecule has 29 heavy (non-hydrogen) atoms. The first-order chi connectivity index (χ1) is 13.9. The predicted molar refractivity (Wildman–Crippen MR) is 110 cm³/mol. The van der Waals surface area contributed by atoms with Crippen LogP contribution in [0, 0.1) is 4.91 Å². The summed E-state index contributed by atoms with van der Waals surface area (Å²) >= 11 is 6.71. The molecule has 1 aromatic rings. The zero-order chi connectivity index (χ0) is 21.1. The Morgan fingerprint density at radius 1 is 1.45 bits per heavy atom. The largest absolute Gasteiger partial charge is 0.509 e. The number of alkyl halides is 1. The van der Waals surface area contributed by atoms with E-state index < -0.39 is 40.7 Å². The first kappa shape index (κ1) is 21.7. The van der Waals surface area contributed by atoms with Crippen LogP contribution in [0.4, 0.5) is 0 Å². The number of nitrogens with one attached hydrogen (secondary N) is 1. The van der Waals surface area contributed by atoms with Gasteiger partial charge in [0.1, 0.15) is 29.2 Å². The molecule has 0 saturated carbocycles. The maximum absolute atomic E-state index is 12.6. The number of hydrogen-bond donors (Lipinski definition) is 3. The molecule has 1 unspecified atom stereocenters. The van der Waals surface area contributed by atoms with Gasteiger partial charge in [-0.05, 0) is 22.3 Å². The molecule has 15 heteroatoms. The number of aromatic nitrogens is 2. The summed E-state index contributed by atoms with van der Waals surface area (Å²) in [5.74, 6) is -2.76. The van der Waals surface area contributed by atoms with Gasteiger partial charge < -0.3 is 15.5 Å². The van der Waals surface area contributed by atoms with Gasteiger partial charge in [-0.15, -0.1) is 16.7 Å². The number of thioether (sulfide) groups is 2. The third kappa shape index (κ3) is 4.31. The molecule has 3 N–H and O–H groups in total. The fraction of sp³-hybridized carbons (Fsp3) is 0.357. The highest BCUT2D eigenvalue weighted by Gasteiger charge is 2.54. The lowest BCUT2D eigenvalue weighted by Gasteiger charge is -2.49. The molecule has 3 rings (SSSR count). The topological polar surface area (TPSA) is 162 Å². The zero-order valence-electron chi connectivity index (χ0n) is 14.3. The lowest BCUT2D eigenvalue weighted by atomic mass is 10.0. The Labute approximate surface area is 184 Å². The Kier molecular flexibility index (Phi) is 6.92. The zero-order valence-corrected chi connectivity index (χ0v) is 18.3. The predicted octanol–water partition coefficient (Wildman–Crippen LogP) is 1.30. The minimum absolute atomic E-state index is 0.117. The number of aliphatic hydroxyl groups excluding tert-OH is 1. The number of carbonyl (C=O) groups is 3. The molecule has 0 bridgehead atoms. The van der Waals surface area contributed by atoms with Crippen LogP contribution >= 0.6 is 51.0 Å². The second-order valence-corrected chi connectivity index (χ2v) is 9.30. The minimum atomic E-state index is -1.24. The van der Waals surface area contributed by atoms with Crippen molar-refractivity contribution in [3.63, 3.8) is 0 Å². The lowest BCUT2D eigenvalue weighted by molar-refractivity contribution is -0.150. The number of nitroso groups, excluding NO2 is 1. The summed E-state index contributed by atoms with van der Waals surface area (Å²) in [6, 6.07) is -1.03. The maximum atomic E-state index is 12.6. The lowest BCUT2D eigenvalue weighted by Crippen LogP contribution is -2.70. The second kappa shape index (κ2) is 9.23. The number of aliphatic carboxylic acids is 1. The molecule has 0 aromatic carbocycles. The van der Waals surface area contributed by atoms with Crippen molar-refractivity contribution in [2.24, 2.45) is 5.18 Å². The maximum Gasteiger partial charge on any atom is 0.352 e. The van der Waals surface area contributed by atoms with Crippen molar-refractivity contribution in [3.8, 4) is 0 Å². The number of nitrogens with zero attached hydrogens (tertiary/aromatic N) is 4. The van der Waals surface area contributed by atoms with Crippen molar-refractivity contribution in [2.45, 2.75) is 15.8 Å². The summed E-state index contributed by atoms with van der Waals surface area (Å²) in [5.41, 5.74) is -0.296. The quantitative estimate of drug-likeness (QED) is 0.113. The van der Waals surface area contributed by atoms with Gasteiger partial charge in [0.15, 0.2) is 4.34 Å². The summed E-state index contributed by atoms with van der Waals surface area (Å²) in [6.45, 7) is 0. The van der Waals surface area contributed by atoms with Gasteiger partial charge in [-0.3, -0.25) is 14.5 Å². The highest BCUT2D eigenvalue weighted by Crippen LogP contribution is 2.41. The van der Waals surface area contributed by atoms with E-state index in [4.69, 9.17) is 0 Å². The molecule has 0 aliphatic carbocycles. The molecule has 154 valence electrons. The Balaban J connectivity index is 1.75. The van der Waals surface area contributed by atoms with Gasteiger partial charge in [0.2, 0.25) is 5.70 Å². The molecule has 11 nitrogen and oxygen atoms in total. The molecule has 2 aliphatic rings. The first-order valence-electron chi connectivity index (χ1n) is 7.80. The SMILES string of the molecule is O=NC(C(=O)NC1C(=O)N2C(C(=O)O)=C(CSc3ncns3)CS[C@H]12)=C(O)CBr. The highest BCUT2D eigenvalue weighted by atomic mass is 79.9. The molecule has 3 heterocycles. The molecule has 2 aliphatic heterocycles. The smallest absolute Gasteiger partial charge is 0.352 e. The average Bonchev–Trinajstić information content (AvgIpc) is 3.23. The number of fused-ring (bicyclic) bond motifs is 1. The summed E-state index contributed by atoms with van der Waals surface area (Å²) < 4.78 is 4.56. The second-order valence-electron chi connectivity index (χ2n) is 5.63. The fourth-order valence-corrected chi connectivity index (χ4v) is 5.86. The third-order valence-corrected chi connectivity index (χ3v) is 7.71. The van der Waals surface area contributed by atoms with E-state index >= 15 is 0 Å². The van der Waals surface area contributed by atoms with Gasteiger partial charge in [-0.25, -0.2) is 9.78 Å². The van der Waals surface area contributed by atoms with Crippen LogP contribution in [0.3, 0.4) is 0 Å². The summed E-state index contributed by atoms with van der Waals surface area (Å²) in [7, 11) is 0. The minimum Gasteiger partial charge on any atom is -0.509 e. The number of allylic oxidation sites excluding steroid dienone is 1. The number of hydrogen-bond acceptors (Lipinski definition) is 11. The number of amides is 2. The van der Waals surface area contributed by atoms with Crippen LogP contribution in [0.25, 0.3) is 0 Å². The summed E-state index contributed by atoms with van der Waals surface area (Å²) in [5, 5.41) is 23.2. The van der Waals surface area contributed by atoms with E-state index in [2.05, 4.69) is 35.8 Å². The van der Waals surface area contributed by atoms with E-state index in [9.17, 15) is 29.5 Å².